The molecule has 106 valence electrons. The van der Waals surface area contributed by atoms with Crippen LogP contribution in [0.2, 0.25) is 0 Å². The zero-order chi connectivity index (χ0) is 14.5. The zero-order valence-corrected chi connectivity index (χ0v) is 12.1. The Balaban J connectivity index is 2.07. The van der Waals surface area contributed by atoms with Gasteiger partial charge in [0.25, 0.3) is 0 Å². The fourth-order valence-electron chi connectivity index (χ4n) is 2.46. The van der Waals surface area contributed by atoms with Gasteiger partial charge in [-0.3, -0.25) is 4.79 Å². The van der Waals surface area contributed by atoms with E-state index in [2.05, 4.69) is 23.4 Å². The molecule has 2 aromatic rings. The number of hydrogen-bond acceptors (Lipinski definition) is 3. The van der Waals surface area contributed by atoms with Crippen molar-refractivity contribution in [3.05, 3.63) is 24.0 Å². The van der Waals surface area contributed by atoms with Crippen LogP contribution in [0.5, 0.6) is 0 Å². The minimum Gasteiger partial charge on any atom is -0.481 e. The number of thioether (sulfide) groups is 1. The third-order valence-electron chi connectivity index (χ3n) is 3.72. The lowest BCUT2D eigenvalue weighted by atomic mass is 10.2. The van der Waals surface area contributed by atoms with Gasteiger partial charge in [0.05, 0.1) is 16.8 Å². The lowest BCUT2D eigenvalue weighted by molar-refractivity contribution is -0.133. The minimum absolute atomic E-state index is 0.0427. The van der Waals surface area contributed by atoms with Crippen molar-refractivity contribution in [3.63, 3.8) is 0 Å². The molecule has 0 spiro atoms. The summed E-state index contributed by atoms with van der Waals surface area (Å²) in [4.78, 5) is 15.1. The predicted octanol–water partition coefficient (Wildman–Crippen LogP) is 3.32. The third kappa shape index (κ3) is 2.28. The molecule has 20 heavy (non-hydrogen) atoms. The molecule has 1 fully saturated rings. The Bertz CT molecular complexity index is 696. The van der Waals surface area contributed by atoms with E-state index in [4.69, 9.17) is 5.11 Å². The van der Waals surface area contributed by atoms with Crippen LogP contribution >= 0.6 is 11.8 Å². The molecule has 3 rings (SSSR count). The highest BCUT2D eigenvalue weighted by molar-refractivity contribution is 7.99. The van der Waals surface area contributed by atoms with Crippen LogP contribution in [-0.4, -0.2) is 26.4 Å². The van der Waals surface area contributed by atoms with Crippen molar-refractivity contribution in [1.29, 1.82) is 0 Å². The van der Waals surface area contributed by atoms with Gasteiger partial charge in [0, 0.05) is 12.1 Å². The van der Waals surface area contributed by atoms with E-state index in [0.29, 0.717) is 16.7 Å². The van der Waals surface area contributed by atoms with E-state index in [1.807, 2.05) is 0 Å². The number of nitrogens with zero attached hydrogens (tertiary/aromatic N) is 2. The Morgan fingerprint density at radius 2 is 2.30 bits per heavy atom. The van der Waals surface area contributed by atoms with Crippen LogP contribution in [0.1, 0.15) is 26.3 Å². The summed E-state index contributed by atoms with van der Waals surface area (Å²) in [5.41, 5.74) is 1.64. The number of aromatic nitrogens is 2. The topological polar surface area (TPSA) is 55.1 Å². The minimum atomic E-state index is -0.880. The van der Waals surface area contributed by atoms with Gasteiger partial charge in [-0.15, -0.1) is 0 Å². The average molecular weight is 294 g/mol. The van der Waals surface area contributed by atoms with Crippen LogP contribution in [0.4, 0.5) is 4.39 Å². The van der Waals surface area contributed by atoms with Gasteiger partial charge in [-0.2, -0.15) is 0 Å². The van der Waals surface area contributed by atoms with Crippen molar-refractivity contribution >= 4 is 28.8 Å². The van der Waals surface area contributed by atoms with E-state index in [1.165, 1.54) is 23.9 Å². The number of carboxylic acids is 1. The molecule has 4 nitrogen and oxygen atoms in total. The van der Waals surface area contributed by atoms with Gasteiger partial charge in [0.2, 0.25) is 0 Å². The van der Waals surface area contributed by atoms with Gasteiger partial charge < -0.3 is 9.67 Å². The Hall–Kier alpha value is -1.56. The maximum Gasteiger partial charge on any atom is 0.313 e. The smallest absolute Gasteiger partial charge is 0.313 e. The summed E-state index contributed by atoms with van der Waals surface area (Å²) < 4.78 is 15.4. The van der Waals surface area contributed by atoms with Crippen LogP contribution < -0.4 is 0 Å². The number of imidazole rings is 1. The largest absolute Gasteiger partial charge is 0.481 e. The predicted molar refractivity (Wildman–Crippen MR) is 75.5 cm³/mol. The Morgan fingerprint density at radius 3 is 2.90 bits per heavy atom. The van der Waals surface area contributed by atoms with E-state index < -0.39 is 5.97 Å². The molecule has 0 amide bonds. The van der Waals surface area contributed by atoms with Crippen molar-refractivity contribution in [2.45, 2.75) is 31.5 Å². The summed E-state index contributed by atoms with van der Waals surface area (Å²) in [6.07, 6.45) is 1.02. The first-order valence-electron chi connectivity index (χ1n) is 6.40. The number of hydrogen-bond donors (Lipinski definition) is 1. The van der Waals surface area contributed by atoms with E-state index in [9.17, 15) is 9.18 Å². The van der Waals surface area contributed by atoms with Crippen molar-refractivity contribution < 1.29 is 14.3 Å². The number of carboxylic acid groups (broad SMARTS) is 1. The summed E-state index contributed by atoms with van der Waals surface area (Å²) in [5.74, 6) is -1.25. The molecule has 1 saturated carbocycles. The van der Waals surface area contributed by atoms with Gasteiger partial charge in [0.15, 0.2) is 5.16 Å². The summed E-state index contributed by atoms with van der Waals surface area (Å²) >= 11 is 1.19. The van der Waals surface area contributed by atoms with Crippen molar-refractivity contribution in [1.82, 2.24) is 9.55 Å². The SMILES string of the molecule is CC1(C)CC1n1c(SCC(=O)O)nc2cc(F)ccc21. The van der Waals surface area contributed by atoms with Crippen LogP contribution in [0.15, 0.2) is 23.4 Å². The number of benzene rings is 1. The molecule has 0 bridgehead atoms. The Morgan fingerprint density at radius 1 is 1.60 bits per heavy atom. The fraction of sp³-hybridized carbons (Fsp3) is 0.429. The van der Waals surface area contributed by atoms with Gasteiger partial charge in [-0.25, -0.2) is 9.37 Å². The summed E-state index contributed by atoms with van der Waals surface area (Å²) in [6.45, 7) is 4.33. The molecule has 1 aromatic carbocycles. The highest BCUT2D eigenvalue weighted by Gasteiger charge is 2.48. The average Bonchev–Trinajstić information content (AvgIpc) is 2.82. The van der Waals surface area contributed by atoms with Crippen LogP contribution in [-0.2, 0) is 4.79 Å². The Labute approximate surface area is 120 Å². The summed E-state index contributed by atoms with van der Waals surface area (Å²) in [5, 5.41) is 9.48. The third-order valence-corrected chi connectivity index (χ3v) is 4.65. The molecule has 0 saturated heterocycles. The molecule has 0 radical (unpaired) electrons. The van der Waals surface area contributed by atoms with E-state index >= 15 is 0 Å². The quantitative estimate of drug-likeness (QED) is 0.879. The Kier molecular flexibility index (Phi) is 3.01. The standard InChI is InChI=1S/C14H15FN2O2S/c1-14(2)6-11(14)17-10-4-3-8(15)5-9(10)16-13(17)20-7-12(18)19/h3-5,11H,6-7H2,1-2H3,(H,18,19). The van der Waals surface area contributed by atoms with Gasteiger partial charge in [-0.1, -0.05) is 25.6 Å². The molecule has 1 N–H and O–H groups in total. The highest BCUT2D eigenvalue weighted by atomic mass is 32.2. The first-order chi connectivity index (χ1) is 9.38. The normalized spacial score (nSPS) is 20.2. The monoisotopic (exact) mass is 294 g/mol. The van der Waals surface area contributed by atoms with E-state index in [-0.39, 0.29) is 17.0 Å². The summed E-state index contributed by atoms with van der Waals surface area (Å²) in [6, 6.07) is 4.83. The number of aliphatic carboxylic acids is 1. The maximum absolute atomic E-state index is 13.3. The second-order valence-corrected chi connectivity index (χ2v) is 6.73. The molecule has 6 heteroatoms. The van der Waals surface area contributed by atoms with E-state index in [0.717, 1.165) is 11.9 Å². The highest BCUT2D eigenvalue weighted by Crippen LogP contribution is 2.57. The zero-order valence-electron chi connectivity index (χ0n) is 11.3. The lowest BCUT2D eigenvalue weighted by Crippen LogP contribution is -2.04. The van der Waals surface area contributed by atoms with Gasteiger partial charge in [0.1, 0.15) is 5.82 Å². The van der Waals surface area contributed by atoms with Crippen molar-refractivity contribution in [3.8, 4) is 0 Å². The van der Waals surface area contributed by atoms with E-state index in [1.54, 1.807) is 6.07 Å². The summed E-state index contributed by atoms with van der Waals surface area (Å²) in [7, 11) is 0. The van der Waals surface area contributed by atoms with Crippen molar-refractivity contribution in [2.75, 3.05) is 5.75 Å². The lowest BCUT2D eigenvalue weighted by Gasteiger charge is -2.10. The first-order valence-corrected chi connectivity index (χ1v) is 7.39. The van der Waals surface area contributed by atoms with Gasteiger partial charge >= 0.3 is 5.97 Å². The number of fused-ring (bicyclic) bond motifs is 1. The first kappa shape index (κ1) is 13.4. The molecule has 1 aliphatic carbocycles. The fourth-order valence-corrected chi connectivity index (χ4v) is 3.24. The van der Waals surface area contributed by atoms with Crippen LogP contribution in [0, 0.1) is 11.2 Å². The van der Waals surface area contributed by atoms with Crippen LogP contribution in [0.25, 0.3) is 11.0 Å². The molecule has 0 aliphatic heterocycles. The second-order valence-electron chi connectivity index (χ2n) is 5.79. The molecule has 1 aromatic heterocycles. The van der Waals surface area contributed by atoms with Crippen LogP contribution in [0.3, 0.4) is 0 Å². The molecule has 1 unspecified atom stereocenters. The molecular weight excluding hydrogens is 279 g/mol. The number of carbonyl (C=O) groups is 1. The maximum atomic E-state index is 13.3. The molecule has 1 aliphatic rings. The molecule has 1 heterocycles. The van der Waals surface area contributed by atoms with Gasteiger partial charge in [-0.05, 0) is 24.0 Å². The molecule has 1 atom stereocenters. The van der Waals surface area contributed by atoms with Crippen molar-refractivity contribution in [2.24, 2.45) is 5.41 Å². The number of rotatable bonds is 4. The number of halogens is 1. The second kappa shape index (κ2) is 4.48. The molecular formula is C14H15FN2O2S.